The third-order valence-corrected chi connectivity index (χ3v) is 7.70. The molecule has 11 nitrogen and oxygen atoms in total. The van der Waals surface area contributed by atoms with Gasteiger partial charge in [0.15, 0.2) is 5.79 Å². The number of carbonyl (C=O) groups is 1. The van der Waals surface area contributed by atoms with Crippen LogP contribution in [0.2, 0.25) is 0 Å². The van der Waals surface area contributed by atoms with Crippen LogP contribution in [0.5, 0.6) is 0 Å². The number of carbonyl (C=O) groups excluding carboxylic acids is 1. The summed E-state index contributed by atoms with van der Waals surface area (Å²) in [7, 11) is 0. The van der Waals surface area contributed by atoms with Gasteiger partial charge in [0.25, 0.3) is 0 Å². The molecule has 4 N–H and O–H groups in total. The fourth-order valence-electron chi connectivity index (χ4n) is 5.93. The number of rotatable bonds is 3. The minimum absolute atomic E-state index is 0.0217. The van der Waals surface area contributed by atoms with Gasteiger partial charge in [-0.3, -0.25) is 4.90 Å². The van der Waals surface area contributed by atoms with E-state index in [0.717, 1.165) is 62.9 Å². The van der Waals surface area contributed by atoms with Crippen LogP contribution in [-0.4, -0.2) is 89.9 Å². The molecule has 2 atom stereocenters. The van der Waals surface area contributed by atoms with Crippen molar-refractivity contribution in [1.82, 2.24) is 24.3 Å². The van der Waals surface area contributed by atoms with Gasteiger partial charge >= 0.3 is 6.09 Å². The van der Waals surface area contributed by atoms with Crippen molar-refractivity contribution in [1.29, 1.82) is 0 Å². The van der Waals surface area contributed by atoms with E-state index in [9.17, 15) is 4.79 Å². The summed E-state index contributed by atoms with van der Waals surface area (Å²) in [6.07, 6.45) is 11.2. The molecule has 3 aliphatic heterocycles. The number of hydrogen-bond donors (Lipinski definition) is 3. The molecule has 5 rings (SSSR count). The highest BCUT2D eigenvalue weighted by Gasteiger charge is 2.44. The molecule has 2 aromatic heterocycles. The maximum absolute atomic E-state index is 12.6. The third-order valence-electron chi connectivity index (χ3n) is 7.70. The number of likely N-dealkylation sites (tertiary alicyclic amines) is 2. The summed E-state index contributed by atoms with van der Waals surface area (Å²) >= 11 is 0. The number of piperidine rings is 2. The van der Waals surface area contributed by atoms with Crippen molar-refractivity contribution in [3.05, 3.63) is 18.6 Å². The van der Waals surface area contributed by atoms with Crippen molar-refractivity contribution in [2.24, 2.45) is 0 Å². The number of ether oxygens (including phenoxy) is 2. The standard InChI is InChI=1S/C25H38N6O3.C3H8O2/c1-24(2,3)34-23(32)29-14-10-25(11-15-29)9-4-5-12-30(25)16-18-6-7-20(33-18)31-13-8-19-21(26)27-17-28-22(19)31;1-3(2,4)5/h8,13,17-18,20H,4-7,9-12,14-16H2,1-3H3,(H2,26,27,28);4-5H,1-2H3/t18-,20+;/m0./s1. The second-order valence-electron chi connectivity index (χ2n) is 12.6. The second kappa shape index (κ2) is 11.6. The van der Waals surface area contributed by atoms with E-state index in [1.807, 2.05) is 37.9 Å². The van der Waals surface area contributed by atoms with Crippen molar-refractivity contribution in [2.75, 3.05) is 31.9 Å². The summed E-state index contributed by atoms with van der Waals surface area (Å²) in [6.45, 7) is 11.9. The van der Waals surface area contributed by atoms with Crippen LogP contribution >= 0.6 is 0 Å². The normalized spacial score (nSPS) is 24.0. The monoisotopic (exact) mass is 546 g/mol. The molecule has 3 fully saturated rings. The third kappa shape index (κ3) is 7.59. The van der Waals surface area contributed by atoms with E-state index in [1.165, 1.54) is 39.4 Å². The Labute approximate surface area is 231 Å². The highest BCUT2D eigenvalue weighted by molar-refractivity contribution is 5.86. The van der Waals surface area contributed by atoms with E-state index in [2.05, 4.69) is 19.4 Å². The van der Waals surface area contributed by atoms with Crippen LogP contribution in [0.4, 0.5) is 10.6 Å². The SMILES string of the molecule is CC(C)(C)OC(=O)N1CCC2(CCCCN2C[C@@H]2CC[C@H](n3ccc4c(N)ncnc43)O2)CC1.CC(C)(O)O. The Morgan fingerprint density at radius 2 is 1.79 bits per heavy atom. The van der Waals surface area contributed by atoms with Gasteiger partial charge in [-0.25, -0.2) is 14.8 Å². The lowest BCUT2D eigenvalue weighted by atomic mass is 9.78. The van der Waals surface area contributed by atoms with Crippen molar-refractivity contribution < 1.29 is 24.5 Å². The van der Waals surface area contributed by atoms with Gasteiger partial charge < -0.3 is 34.9 Å². The summed E-state index contributed by atoms with van der Waals surface area (Å²) < 4.78 is 14.2. The minimum atomic E-state index is -1.50. The van der Waals surface area contributed by atoms with E-state index >= 15 is 0 Å². The summed E-state index contributed by atoms with van der Waals surface area (Å²) in [5.74, 6) is -0.994. The Morgan fingerprint density at radius 3 is 2.46 bits per heavy atom. The summed E-state index contributed by atoms with van der Waals surface area (Å²) in [6, 6.07) is 1.97. The Hall–Kier alpha value is -2.47. The lowest BCUT2D eigenvalue weighted by molar-refractivity contribution is -0.127. The van der Waals surface area contributed by atoms with Gasteiger partial charge in [-0.15, -0.1) is 0 Å². The molecule has 1 spiro atoms. The molecule has 218 valence electrons. The topological polar surface area (TPSA) is 139 Å². The molecule has 1 amide bonds. The van der Waals surface area contributed by atoms with Crippen molar-refractivity contribution in [3.63, 3.8) is 0 Å². The zero-order valence-electron chi connectivity index (χ0n) is 24.1. The number of nitrogens with two attached hydrogens (primary N) is 1. The number of fused-ring (bicyclic) bond motifs is 1. The molecule has 11 heteroatoms. The molecule has 3 aliphatic rings. The van der Waals surface area contributed by atoms with Crippen LogP contribution in [0, 0.1) is 0 Å². The first-order chi connectivity index (χ1) is 18.2. The quantitative estimate of drug-likeness (QED) is 0.492. The molecule has 0 aliphatic carbocycles. The maximum atomic E-state index is 12.6. The number of aliphatic hydroxyl groups is 2. The van der Waals surface area contributed by atoms with E-state index in [1.54, 1.807) is 0 Å². The van der Waals surface area contributed by atoms with E-state index < -0.39 is 11.4 Å². The number of amides is 1. The van der Waals surface area contributed by atoms with Gasteiger partial charge in [0, 0.05) is 31.4 Å². The molecular weight excluding hydrogens is 500 g/mol. The van der Waals surface area contributed by atoms with Gasteiger partial charge in [-0.05, 0) is 85.8 Å². The fraction of sp³-hybridized carbons (Fsp3) is 0.750. The van der Waals surface area contributed by atoms with Gasteiger partial charge in [-0.1, -0.05) is 6.42 Å². The largest absolute Gasteiger partial charge is 0.444 e. The van der Waals surface area contributed by atoms with Crippen LogP contribution in [0.1, 0.15) is 85.8 Å². The number of hydrogen-bond acceptors (Lipinski definition) is 9. The first-order valence-corrected chi connectivity index (χ1v) is 14.1. The Balaban J connectivity index is 0.000000648. The first kappa shape index (κ1) is 29.5. The molecule has 0 bridgehead atoms. The zero-order chi connectivity index (χ0) is 28.4. The predicted octanol–water partition coefficient (Wildman–Crippen LogP) is 3.65. The average molecular weight is 547 g/mol. The van der Waals surface area contributed by atoms with Crippen molar-refractivity contribution in [3.8, 4) is 0 Å². The maximum Gasteiger partial charge on any atom is 0.410 e. The lowest BCUT2D eigenvalue weighted by Crippen LogP contribution is -2.59. The summed E-state index contributed by atoms with van der Waals surface area (Å²) in [4.78, 5) is 25.6. The van der Waals surface area contributed by atoms with Gasteiger partial charge in [0.05, 0.1) is 11.5 Å². The molecule has 2 aromatic rings. The molecule has 0 unspecified atom stereocenters. The van der Waals surface area contributed by atoms with Gasteiger partial charge in [0.2, 0.25) is 0 Å². The molecule has 0 saturated carbocycles. The number of aromatic nitrogens is 3. The first-order valence-electron chi connectivity index (χ1n) is 14.1. The Morgan fingerprint density at radius 1 is 1.10 bits per heavy atom. The van der Waals surface area contributed by atoms with Crippen LogP contribution in [0.15, 0.2) is 18.6 Å². The Bertz CT molecular complexity index is 1110. The molecule has 39 heavy (non-hydrogen) atoms. The summed E-state index contributed by atoms with van der Waals surface area (Å²) in [5.41, 5.74) is 6.56. The van der Waals surface area contributed by atoms with E-state index in [-0.39, 0.29) is 24.0 Å². The van der Waals surface area contributed by atoms with E-state index in [0.29, 0.717) is 5.82 Å². The highest BCUT2D eigenvalue weighted by atomic mass is 16.6. The van der Waals surface area contributed by atoms with E-state index in [4.69, 9.17) is 25.4 Å². The summed E-state index contributed by atoms with van der Waals surface area (Å²) in [5, 5.41) is 17.0. The molecule has 0 aromatic carbocycles. The second-order valence-corrected chi connectivity index (χ2v) is 12.6. The van der Waals surface area contributed by atoms with Crippen LogP contribution in [-0.2, 0) is 9.47 Å². The van der Waals surface area contributed by atoms with Crippen LogP contribution in [0.3, 0.4) is 0 Å². The van der Waals surface area contributed by atoms with Crippen molar-refractivity contribution in [2.45, 2.75) is 109 Å². The Kier molecular flexibility index (Phi) is 8.75. The number of nitrogen functional groups attached to an aromatic ring is 1. The molecular formula is C28H46N6O5. The molecule has 3 saturated heterocycles. The number of anilines is 1. The lowest BCUT2D eigenvalue weighted by Gasteiger charge is -2.52. The van der Waals surface area contributed by atoms with Crippen LogP contribution < -0.4 is 5.73 Å². The molecule has 0 radical (unpaired) electrons. The molecule has 5 heterocycles. The zero-order valence-corrected chi connectivity index (χ0v) is 24.1. The fourth-order valence-corrected chi connectivity index (χ4v) is 5.93. The van der Waals surface area contributed by atoms with Crippen molar-refractivity contribution >= 4 is 22.9 Å². The predicted molar refractivity (Wildman–Crippen MR) is 149 cm³/mol. The highest BCUT2D eigenvalue weighted by Crippen LogP contribution is 2.40. The van der Waals surface area contributed by atoms with Crippen LogP contribution in [0.25, 0.3) is 11.0 Å². The van der Waals surface area contributed by atoms with Gasteiger partial charge in [-0.2, -0.15) is 0 Å². The van der Waals surface area contributed by atoms with Gasteiger partial charge in [0.1, 0.15) is 29.6 Å². The average Bonchev–Trinajstić information content (AvgIpc) is 3.47. The number of nitrogens with zero attached hydrogens (tertiary/aromatic N) is 5. The minimum Gasteiger partial charge on any atom is -0.444 e. The smallest absolute Gasteiger partial charge is 0.410 e.